The molecule has 0 aromatic heterocycles. The van der Waals surface area contributed by atoms with Crippen molar-refractivity contribution < 1.29 is 21.1 Å². The van der Waals surface area contributed by atoms with Crippen LogP contribution in [0.25, 0.3) is 0 Å². The largest absolute Gasteiger partial charge is 0.345 e. The Morgan fingerprint density at radius 3 is 0.388 bits per heavy atom. The normalized spacial score (nSPS) is 18.3. The van der Waals surface area contributed by atoms with Gasteiger partial charge in [0.15, 0.2) is 20.4 Å². The van der Waals surface area contributed by atoms with E-state index in [1.807, 2.05) is 0 Å². The summed E-state index contributed by atoms with van der Waals surface area (Å²) in [7, 11) is 0. The van der Waals surface area contributed by atoms with Crippen LogP contribution in [0.4, 0.5) is 0 Å². The molecule has 0 bridgehead atoms. The monoisotopic (exact) mass is 939 g/mol. The van der Waals surface area contributed by atoms with Crippen molar-refractivity contribution in [3.8, 4) is 0 Å². The minimum atomic E-state index is 0. The summed E-state index contributed by atoms with van der Waals surface area (Å²) in [5.74, 6) is 0. The average Bonchev–Trinajstić information content (AvgIpc) is 3.74. The molecule has 290 valence electrons. The summed E-state index contributed by atoms with van der Waals surface area (Å²) in [6.07, 6.45) is 0. The Morgan fingerprint density at radius 1 is 0.265 bits per heavy atom. The van der Waals surface area contributed by atoms with Gasteiger partial charge in [0, 0.05) is 122 Å². The summed E-state index contributed by atoms with van der Waals surface area (Å²) >= 11 is 21.5. The Labute approximate surface area is 338 Å². The molecule has 4 rings (SSSR count). The van der Waals surface area contributed by atoms with E-state index in [0.29, 0.717) is 48.3 Å². The van der Waals surface area contributed by atoms with Gasteiger partial charge < -0.3 is 39.2 Å². The van der Waals surface area contributed by atoms with Crippen LogP contribution in [-0.4, -0.2) is 160 Å². The van der Waals surface area contributed by atoms with Gasteiger partial charge in [0.2, 0.25) is 0 Å². The molecule has 0 amide bonds. The van der Waals surface area contributed by atoms with E-state index in [2.05, 4.69) is 150 Å². The molecule has 0 N–H and O–H groups in total. The standard InChI is InChI=1S/4C9H18N2S.Pt/c4*1-7(2)10-5-6-11(8(3)4)9(10)12;/h4*7-8H,5-6H2,1-4H3;. The fraction of sp³-hybridized carbons (Fsp3) is 0.889. The third-order valence-corrected chi connectivity index (χ3v) is 11.2. The van der Waals surface area contributed by atoms with Gasteiger partial charge in [0.1, 0.15) is 0 Å². The number of rotatable bonds is 8. The van der Waals surface area contributed by atoms with Crippen molar-refractivity contribution in [3.63, 3.8) is 0 Å². The molecular weight excluding hydrogens is 868 g/mol. The summed E-state index contributed by atoms with van der Waals surface area (Å²) in [6, 6.07) is 4.34. The zero-order valence-electron chi connectivity index (χ0n) is 33.8. The third kappa shape index (κ3) is 14.1. The molecular formula is C36H72N8PtS4. The van der Waals surface area contributed by atoms with Crippen molar-refractivity contribution in [2.75, 3.05) is 52.4 Å². The third-order valence-electron chi connectivity index (χ3n) is 9.28. The Hall–Kier alpha value is -0.552. The summed E-state index contributed by atoms with van der Waals surface area (Å²) in [5.41, 5.74) is 0. The Bertz CT molecular complexity index is 805. The molecule has 0 saturated carbocycles. The van der Waals surface area contributed by atoms with Crippen LogP contribution < -0.4 is 0 Å². The Balaban J connectivity index is 0.000000623. The topological polar surface area (TPSA) is 25.9 Å². The maximum atomic E-state index is 5.37. The van der Waals surface area contributed by atoms with Gasteiger partial charge in [0.25, 0.3) is 0 Å². The first-order chi connectivity index (χ1) is 22.1. The summed E-state index contributed by atoms with van der Waals surface area (Å²) in [6.45, 7) is 43.8. The van der Waals surface area contributed by atoms with Crippen LogP contribution >= 0.6 is 48.9 Å². The molecule has 4 heterocycles. The molecule has 0 aromatic rings. The van der Waals surface area contributed by atoms with Crippen LogP contribution in [0.1, 0.15) is 111 Å². The number of hydrogen-bond donors (Lipinski definition) is 0. The van der Waals surface area contributed by atoms with E-state index >= 15 is 0 Å². The van der Waals surface area contributed by atoms with E-state index in [1.165, 1.54) is 0 Å². The van der Waals surface area contributed by atoms with Gasteiger partial charge in [-0.1, -0.05) is 0 Å². The molecule has 0 atom stereocenters. The van der Waals surface area contributed by atoms with E-state index < -0.39 is 0 Å². The fourth-order valence-electron chi connectivity index (χ4n) is 6.12. The fourth-order valence-corrected chi connectivity index (χ4v) is 8.54. The Kier molecular flexibility index (Phi) is 22.2. The zero-order chi connectivity index (χ0) is 37.2. The molecule has 4 saturated heterocycles. The number of nitrogens with zero attached hydrogens (tertiary/aromatic N) is 8. The second-order valence-electron chi connectivity index (χ2n) is 15.4. The molecule has 49 heavy (non-hydrogen) atoms. The SMILES string of the molecule is CC(C)N1CCN(C(C)C)C1=S.CC(C)N1CCN(C(C)C)C1=S.CC(C)N1CCN(C(C)C)C1=S.CC(C)N1CCN(C(C)C)C1=S.[Pt]. The van der Waals surface area contributed by atoms with Gasteiger partial charge in [-0.15, -0.1) is 0 Å². The van der Waals surface area contributed by atoms with E-state index in [4.69, 9.17) is 48.9 Å². The predicted octanol–water partition coefficient (Wildman–Crippen LogP) is 6.82. The van der Waals surface area contributed by atoms with E-state index in [-0.39, 0.29) is 21.1 Å². The van der Waals surface area contributed by atoms with Gasteiger partial charge in [-0.3, -0.25) is 0 Å². The van der Waals surface area contributed by atoms with Gasteiger partial charge >= 0.3 is 0 Å². The van der Waals surface area contributed by atoms with Crippen molar-refractivity contribution in [2.45, 2.75) is 159 Å². The van der Waals surface area contributed by atoms with Crippen molar-refractivity contribution in [2.24, 2.45) is 0 Å². The van der Waals surface area contributed by atoms with Crippen LogP contribution in [0.15, 0.2) is 0 Å². The van der Waals surface area contributed by atoms with Crippen LogP contribution in [0.5, 0.6) is 0 Å². The molecule has 0 unspecified atom stereocenters. The van der Waals surface area contributed by atoms with Crippen LogP contribution in [0.2, 0.25) is 0 Å². The molecule has 4 aliphatic rings. The van der Waals surface area contributed by atoms with E-state index in [1.54, 1.807) is 0 Å². The maximum absolute atomic E-state index is 5.37. The first-order valence-corrected chi connectivity index (χ1v) is 20.1. The molecule has 13 heteroatoms. The zero-order valence-corrected chi connectivity index (χ0v) is 39.3. The molecule has 0 aliphatic carbocycles. The quantitative estimate of drug-likeness (QED) is 0.239. The first-order valence-electron chi connectivity index (χ1n) is 18.4. The summed E-state index contributed by atoms with van der Waals surface area (Å²) < 4.78 is 0. The Morgan fingerprint density at radius 2 is 0.347 bits per heavy atom. The number of hydrogen-bond acceptors (Lipinski definition) is 4. The first kappa shape index (κ1) is 48.4. The van der Waals surface area contributed by atoms with Gasteiger partial charge in [-0.05, 0) is 160 Å². The van der Waals surface area contributed by atoms with Crippen LogP contribution in [-0.2, 0) is 21.1 Å². The van der Waals surface area contributed by atoms with Gasteiger partial charge in [0.05, 0.1) is 0 Å². The molecule has 0 aromatic carbocycles. The smallest absolute Gasteiger partial charge is 0.172 e. The summed E-state index contributed by atoms with van der Waals surface area (Å²) in [4.78, 5) is 18.3. The minimum absolute atomic E-state index is 0. The van der Waals surface area contributed by atoms with Crippen LogP contribution in [0, 0.1) is 0 Å². The average molecular weight is 940 g/mol. The molecule has 4 fully saturated rings. The van der Waals surface area contributed by atoms with Gasteiger partial charge in [-0.2, -0.15) is 0 Å². The number of thiocarbonyl (C=S) groups is 4. The van der Waals surface area contributed by atoms with E-state index in [0.717, 1.165) is 72.8 Å². The van der Waals surface area contributed by atoms with Crippen molar-refractivity contribution in [1.82, 2.24) is 39.2 Å². The van der Waals surface area contributed by atoms with Crippen molar-refractivity contribution in [3.05, 3.63) is 0 Å². The van der Waals surface area contributed by atoms with Crippen molar-refractivity contribution >= 4 is 69.3 Å². The van der Waals surface area contributed by atoms with Crippen LogP contribution in [0.3, 0.4) is 0 Å². The maximum Gasteiger partial charge on any atom is 0.172 e. The van der Waals surface area contributed by atoms with Crippen molar-refractivity contribution in [1.29, 1.82) is 0 Å². The van der Waals surface area contributed by atoms with Gasteiger partial charge in [-0.25, -0.2) is 0 Å². The molecule has 0 spiro atoms. The second-order valence-corrected chi connectivity index (χ2v) is 16.9. The predicted molar refractivity (Wildman–Crippen MR) is 225 cm³/mol. The summed E-state index contributed by atoms with van der Waals surface area (Å²) in [5, 5.41) is 4.11. The van der Waals surface area contributed by atoms with E-state index in [9.17, 15) is 0 Å². The molecule has 8 nitrogen and oxygen atoms in total. The second kappa shape index (κ2) is 22.5. The minimum Gasteiger partial charge on any atom is -0.345 e. The molecule has 4 aliphatic heterocycles. The molecule has 0 radical (unpaired) electrons.